The first-order valence-electron chi connectivity index (χ1n) is 8.90. The molecule has 136 valence electrons. The zero-order valence-corrected chi connectivity index (χ0v) is 14.9. The molecule has 2 aromatic rings. The molecule has 2 heterocycles. The van der Waals surface area contributed by atoms with Crippen molar-refractivity contribution in [3.8, 4) is 0 Å². The summed E-state index contributed by atoms with van der Waals surface area (Å²) in [6, 6.07) is 11.3. The second-order valence-electron chi connectivity index (χ2n) is 6.66. The minimum absolute atomic E-state index is 0.0413. The van der Waals surface area contributed by atoms with Crippen LogP contribution in [-0.4, -0.2) is 41.3 Å². The maximum absolute atomic E-state index is 12.4. The SMILES string of the molecule is CC(=O)Nc1cccc(NC(=O)CN2CCC[C@@H](c3ccncc3)C2)c1. The third-order valence-electron chi connectivity index (χ3n) is 4.52. The molecular weight excluding hydrogens is 328 g/mol. The van der Waals surface area contributed by atoms with E-state index in [1.807, 2.05) is 18.5 Å². The molecule has 3 rings (SSSR count). The van der Waals surface area contributed by atoms with Gasteiger partial charge in [-0.15, -0.1) is 0 Å². The van der Waals surface area contributed by atoms with E-state index < -0.39 is 0 Å². The van der Waals surface area contributed by atoms with Gasteiger partial charge in [0.2, 0.25) is 11.8 Å². The Morgan fingerprint density at radius 2 is 1.88 bits per heavy atom. The smallest absolute Gasteiger partial charge is 0.238 e. The number of piperidine rings is 1. The Morgan fingerprint density at radius 3 is 2.62 bits per heavy atom. The van der Waals surface area contributed by atoms with Crippen LogP contribution in [0.25, 0.3) is 0 Å². The Kier molecular flexibility index (Phi) is 5.96. The average molecular weight is 352 g/mol. The van der Waals surface area contributed by atoms with E-state index in [4.69, 9.17) is 0 Å². The molecule has 2 N–H and O–H groups in total. The van der Waals surface area contributed by atoms with Gasteiger partial charge in [0.15, 0.2) is 0 Å². The number of hydrogen-bond acceptors (Lipinski definition) is 4. The number of likely N-dealkylation sites (tertiary alicyclic amines) is 1. The van der Waals surface area contributed by atoms with E-state index in [0.717, 1.165) is 25.9 Å². The minimum atomic E-state index is -0.135. The molecule has 1 fully saturated rings. The highest BCUT2D eigenvalue weighted by atomic mass is 16.2. The third-order valence-corrected chi connectivity index (χ3v) is 4.52. The second-order valence-corrected chi connectivity index (χ2v) is 6.66. The van der Waals surface area contributed by atoms with E-state index in [-0.39, 0.29) is 11.8 Å². The van der Waals surface area contributed by atoms with Crippen LogP contribution in [0.3, 0.4) is 0 Å². The van der Waals surface area contributed by atoms with Crippen molar-refractivity contribution in [2.75, 3.05) is 30.3 Å². The lowest BCUT2D eigenvalue weighted by Crippen LogP contribution is -2.39. The van der Waals surface area contributed by atoms with Crippen molar-refractivity contribution in [1.29, 1.82) is 0 Å². The summed E-state index contributed by atoms with van der Waals surface area (Å²) in [5.41, 5.74) is 2.64. The van der Waals surface area contributed by atoms with Crippen LogP contribution in [-0.2, 0) is 9.59 Å². The highest BCUT2D eigenvalue weighted by Crippen LogP contribution is 2.26. The number of aromatic nitrogens is 1. The second kappa shape index (κ2) is 8.58. The van der Waals surface area contributed by atoms with Gasteiger partial charge < -0.3 is 10.6 Å². The molecule has 1 aromatic carbocycles. The van der Waals surface area contributed by atoms with Gasteiger partial charge in [-0.3, -0.25) is 19.5 Å². The maximum Gasteiger partial charge on any atom is 0.238 e. The number of rotatable bonds is 5. The highest BCUT2D eigenvalue weighted by Gasteiger charge is 2.22. The molecule has 1 atom stereocenters. The molecule has 1 saturated heterocycles. The van der Waals surface area contributed by atoms with Gasteiger partial charge in [0.1, 0.15) is 0 Å². The van der Waals surface area contributed by atoms with Crippen molar-refractivity contribution in [2.24, 2.45) is 0 Å². The molecular formula is C20H24N4O2. The van der Waals surface area contributed by atoms with Crippen LogP contribution in [0.15, 0.2) is 48.8 Å². The molecule has 0 aliphatic carbocycles. The molecule has 6 nitrogen and oxygen atoms in total. The van der Waals surface area contributed by atoms with Crippen LogP contribution in [0.4, 0.5) is 11.4 Å². The van der Waals surface area contributed by atoms with E-state index in [9.17, 15) is 9.59 Å². The molecule has 0 spiro atoms. The van der Waals surface area contributed by atoms with Crippen molar-refractivity contribution in [1.82, 2.24) is 9.88 Å². The van der Waals surface area contributed by atoms with E-state index in [2.05, 4.69) is 32.7 Å². The van der Waals surface area contributed by atoms with Crippen LogP contribution in [0.2, 0.25) is 0 Å². The van der Waals surface area contributed by atoms with Crippen LogP contribution < -0.4 is 10.6 Å². The fraction of sp³-hybridized carbons (Fsp3) is 0.350. The number of pyridine rings is 1. The van der Waals surface area contributed by atoms with Crippen molar-refractivity contribution >= 4 is 23.2 Å². The Bertz CT molecular complexity index is 763. The first kappa shape index (κ1) is 18.1. The van der Waals surface area contributed by atoms with Gasteiger partial charge in [-0.2, -0.15) is 0 Å². The quantitative estimate of drug-likeness (QED) is 0.868. The number of amides is 2. The van der Waals surface area contributed by atoms with Gasteiger partial charge in [0, 0.05) is 37.2 Å². The predicted octanol–water partition coefficient (Wildman–Crippen LogP) is 2.86. The van der Waals surface area contributed by atoms with E-state index >= 15 is 0 Å². The van der Waals surface area contributed by atoms with Crippen molar-refractivity contribution in [3.05, 3.63) is 54.4 Å². The van der Waals surface area contributed by atoms with Crippen LogP contribution in [0.5, 0.6) is 0 Å². The molecule has 0 saturated carbocycles. The normalized spacial score (nSPS) is 17.5. The average Bonchev–Trinajstić information content (AvgIpc) is 2.62. The summed E-state index contributed by atoms with van der Waals surface area (Å²) in [7, 11) is 0. The summed E-state index contributed by atoms with van der Waals surface area (Å²) in [6.07, 6.45) is 5.87. The predicted molar refractivity (Wildman–Crippen MR) is 102 cm³/mol. The fourth-order valence-corrected chi connectivity index (χ4v) is 3.39. The first-order chi connectivity index (χ1) is 12.6. The number of hydrogen-bond donors (Lipinski definition) is 2. The molecule has 0 radical (unpaired) electrons. The Morgan fingerprint density at radius 1 is 1.15 bits per heavy atom. The molecule has 1 aliphatic heterocycles. The van der Waals surface area contributed by atoms with Crippen LogP contribution >= 0.6 is 0 Å². The van der Waals surface area contributed by atoms with Crippen molar-refractivity contribution in [3.63, 3.8) is 0 Å². The summed E-state index contributed by atoms with van der Waals surface area (Å²) >= 11 is 0. The lowest BCUT2D eigenvalue weighted by molar-refractivity contribution is -0.117. The summed E-state index contributed by atoms with van der Waals surface area (Å²) in [5, 5.41) is 5.63. The standard InChI is InChI=1S/C20H24N4O2/c1-15(25)22-18-5-2-6-19(12-18)23-20(26)14-24-11-3-4-17(13-24)16-7-9-21-10-8-16/h2,5-10,12,17H,3-4,11,13-14H2,1H3,(H,22,25)(H,23,26)/t17-/m1/s1. The summed E-state index contributed by atoms with van der Waals surface area (Å²) in [6.45, 7) is 3.64. The first-order valence-corrected chi connectivity index (χ1v) is 8.90. The molecule has 1 aromatic heterocycles. The number of nitrogens with zero attached hydrogens (tertiary/aromatic N) is 2. The van der Waals surface area contributed by atoms with E-state index in [1.165, 1.54) is 12.5 Å². The largest absolute Gasteiger partial charge is 0.326 e. The van der Waals surface area contributed by atoms with Gasteiger partial charge in [-0.05, 0) is 61.2 Å². The van der Waals surface area contributed by atoms with Crippen molar-refractivity contribution in [2.45, 2.75) is 25.7 Å². The molecule has 26 heavy (non-hydrogen) atoms. The lowest BCUT2D eigenvalue weighted by atomic mass is 9.91. The minimum Gasteiger partial charge on any atom is -0.326 e. The lowest BCUT2D eigenvalue weighted by Gasteiger charge is -2.32. The van der Waals surface area contributed by atoms with Gasteiger partial charge in [0.05, 0.1) is 6.54 Å². The molecule has 2 amide bonds. The van der Waals surface area contributed by atoms with Gasteiger partial charge >= 0.3 is 0 Å². The van der Waals surface area contributed by atoms with Gasteiger partial charge in [-0.25, -0.2) is 0 Å². The molecule has 0 bridgehead atoms. The monoisotopic (exact) mass is 352 g/mol. The van der Waals surface area contributed by atoms with E-state index in [0.29, 0.717) is 23.8 Å². The number of benzene rings is 1. The Hall–Kier alpha value is -2.73. The highest BCUT2D eigenvalue weighted by molar-refractivity contribution is 5.94. The fourth-order valence-electron chi connectivity index (χ4n) is 3.39. The topological polar surface area (TPSA) is 74.3 Å². The van der Waals surface area contributed by atoms with Crippen LogP contribution in [0, 0.1) is 0 Å². The Labute approximate surface area is 153 Å². The number of carbonyl (C=O) groups excluding carboxylic acids is 2. The number of anilines is 2. The van der Waals surface area contributed by atoms with Crippen LogP contribution in [0.1, 0.15) is 31.2 Å². The summed E-state index contributed by atoms with van der Waals surface area (Å²) < 4.78 is 0. The zero-order valence-electron chi connectivity index (χ0n) is 14.9. The van der Waals surface area contributed by atoms with Crippen molar-refractivity contribution < 1.29 is 9.59 Å². The van der Waals surface area contributed by atoms with Gasteiger partial charge in [-0.1, -0.05) is 6.07 Å². The van der Waals surface area contributed by atoms with E-state index in [1.54, 1.807) is 18.2 Å². The zero-order chi connectivity index (χ0) is 18.4. The maximum atomic E-state index is 12.4. The summed E-state index contributed by atoms with van der Waals surface area (Å²) in [5.74, 6) is 0.270. The molecule has 6 heteroatoms. The third kappa shape index (κ3) is 5.13. The van der Waals surface area contributed by atoms with Gasteiger partial charge in [0.25, 0.3) is 0 Å². The number of carbonyl (C=O) groups is 2. The number of nitrogens with one attached hydrogen (secondary N) is 2. The molecule has 1 aliphatic rings. The summed E-state index contributed by atoms with van der Waals surface area (Å²) in [4.78, 5) is 29.8. The Balaban J connectivity index is 1.55. The molecule has 0 unspecified atom stereocenters.